The van der Waals surface area contributed by atoms with Gasteiger partial charge in [-0.05, 0) is 37.5 Å². The Kier molecular flexibility index (Phi) is 4.89. The van der Waals surface area contributed by atoms with Crippen molar-refractivity contribution in [1.82, 2.24) is 4.90 Å². The van der Waals surface area contributed by atoms with E-state index < -0.39 is 6.10 Å². The zero-order chi connectivity index (χ0) is 14.7. The van der Waals surface area contributed by atoms with E-state index in [0.29, 0.717) is 11.6 Å². The first-order valence-corrected chi connectivity index (χ1v) is 7.33. The van der Waals surface area contributed by atoms with Crippen molar-refractivity contribution in [3.8, 4) is 0 Å². The predicted molar refractivity (Wildman–Crippen MR) is 81.2 cm³/mol. The molecular weight excluding hydrogens is 276 g/mol. The molecular formula is C15H21ClN2O2. The van der Waals surface area contributed by atoms with Crippen LogP contribution in [0.1, 0.15) is 31.4 Å². The summed E-state index contributed by atoms with van der Waals surface area (Å²) in [5, 5.41) is 10.1. The predicted octanol–water partition coefficient (Wildman–Crippen LogP) is 2.45. The van der Waals surface area contributed by atoms with E-state index in [2.05, 4.69) is 0 Å². The van der Waals surface area contributed by atoms with Crippen LogP contribution in [0.4, 0.5) is 5.69 Å². The highest BCUT2D eigenvalue weighted by molar-refractivity contribution is 6.33. The van der Waals surface area contributed by atoms with Gasteiger partial charge >= 0.3 is 0 Å². The zero-order valence-corrected chi connectivity index (χ0v) is 12.7. The smallest absolute Gasteiger partial charge is 0.242 e. The Hall–Kier alpha value is -1.26. The third kappa shape index (κ3) is 3.44. The second-order valence-corrected chi connectivity index (χ2v) is 5.74. The molecule has 1 aromatic carbocycles. The maximum Gasteiger partial charge on any atom is 0.242 e. The number of carbonyl (C=O) groups excluding carboxylic acids is 1. The molecule has 20 heavy (non-hydrogen) atoms. The summed E-state index contributed by atoms with van der Waals surface area (Å²) in [6.07, 6.45) is 1.65. The normalized spacial score (nSPS) is 16.3. The van der Waals surface area contributed by atoms with E-state index in [-0.39, 0.29) is 5.91 Å². The van der Waals surface area contributed by atoms with Gasteiger partial charge in [-0.2, -0.15) is 0 Å². The average Bonchev–Trinajstić information content (AvgIpc) is 2.92. The molecule has 1 aromatic rings. The monoisotopic (exact) mass is 296 g/mol. The van der Waals surface area contributed by atoms with Gasteiger partial charge in [0.1, 0.15) is 0 Å². The summed E-state index contributed by atoms with van der Waals surface area (Å²) < 4.78 is 0. The Morgan fingerprint density at radius 1 is 1.45 bits per heavy atom. The van der Waals surface area contributed by atoms with Gasteiger partial charge in [-0.3, -0.25) is 4.79 Å². The van der Waals surface area contributed by atoms with Crippen molar-refractivity contribution < 1.29 is 9.90 Å². The van der Waals surface area contributed by atoms with Gasteiger partial charge in [0.25, 0.3) is 0 Å². The van der Waals surface area contributed by atoms with Crippen LogP contribution >= 0.6 is 11.6 Å². The topological polar surface area (TPSA) is 43.8 Å². The molecule has 0 saturated carbocycles. The molecule has 0 aliphatic carbocycles. The Morgan fingerprint density at radius 3 is 2.65 bits per heavy atom. The van der Waals surface area contributed by atoms with E-state index in [9.17, 15) is 9.90 Å². The molecule has 1 aliphatic heterocycles. The van der Waals surface area contributed by atoms with E-state index in [0.717, 1.165) is 37.2 Å². The first kappa shape index (κ1) is 15.1. The quantitative estimate of drug-likeness (QED) is 0.928. The summed E-state index contributed by atoms with van der Waals surface area (Å²) in [6.45, 7) is 3.75. The molecule has 110 valence electrons. The van der Waals surface area contributed by atoms with E-state index >= 15 is 0 Å². The molecule has 5 heteroatoms. The van der Waals surface area contributed by atoms with Crippen molar-refractivity contribution in [2.75, 3.05) is 31.6 Å². The number of amides is 1. The van der Waals surface area contributed by atoms with Crippen molar-refractivity contribution in [3.05, 3.63) is 28.8 Å². The lowest BCUT2D eigenvalue weighted by Crippen LogP contribution is -2.37. The molecule has 1 amide bonds. The first-order valence-electron chi connectivity index (χ1n) is 6.95. The van der Waals surface area contributed by atoms with Crippen LogP contribution in [-0.4, -0.2) is 42.6 Å². The highest BCUT2D eigenvalue weighted by atomic mass is 35.5. The van der Waals surface area contributed by atoms with Crippen LogP contribution in [0.2, 0.25) is 5.02 Å². The van der Waals surface area contributed by atoms with Gasteiger partial charge in [0.15, 0.2) is 0 Å². The number of anilines is 1. The molecule has 0 unspecified atom stereocenters. The van der Waals surface area contributed by atoms with Crippen LogP contribution in [0.15, 0.2) is 18.2 Å². The molecule has 1 saturated heterocycles. The molecule has 0 bridgehead atoms. The number of rotatable bonds is 4. The van der Waals surface area contributed by atoms with Crippen molar-refractivity contribution in [2.45, 2.75) is 25.9 Å². The zero-order valence-electron chi connectivity index (χ0n) is 12.0. The summed E-state index contributed by atoms with van der Waals surface area (Å²) in [5.74, 6) is 0.140. The van der Waals surface area contributed by atoms with Gasteiger partial charge < -0.3 is 14.9 Å². The number of likely N-dealkylation sites (N-methyl/N-ethyl adjacent to an activating group) is 1. The maximum absolute atomic E-state index is 12.1. The number of hydrogen-bond donors (Lipinski definition) is 1. The molecule has 1 aliphatic rings. The molecule has 1 atom stereocenters. The van der Waals surface area contributed by atoms with Crippen LogP contribution in [0.25, 0.3) is 0 Å². The maximum atomic E-state index is 12.1. The minimum atomic E-state index is -0.543. The number of halogens is 1. The summed E-state index contributed by atoms with van der Waals surface area (Å²) in [5.41, 5.74) is 1.58. The molecule has 0 radical (unpaired) electrons. The highest BCUT2D eigenvalue weighted by Gasteiger charge is 2.20. The number of likely N-dealkylation sites (tertiary alicyclic amines) is 1. The van der Waals surface area contributed by atoms with Crippen LogP contribution in [-0.2, 0) is 4.79 Å². The number of hydrogen-bond acceptors (Lipinski definition) is 3. The molecule has 1 N–H and O–H groups in total. The standard InChI is InChI=1S/C15H21ClN2O2/c1-11(19)12-5-6-14(13(16)9-12)17(2)10-15(20)18-7-3-4-8-18/h5-6,9,11,19H,3-4,7-8,10H2,1-2H3/t11-/m0/s1. The Labute approximate surface area is 124 Å². The first-order chi connectivity index (χ1) is 9.49. The van der Waals surface area contributed by atoms with E-state index in [4.69, 9.17) is 11.6 Å². The van der Waals surface area contributed by atoms with Crippen molar-refractivity contribution in [1.29, 1.82) is 0 Å². The van der Waals surface area contributed by atoms with Gasteiger partial charge in [-0.25, -0.2) is 0 Å². The van der Waals surface area contributed by atoms with Crippen molar-refractivity contribution in [3.63, 3.8) is 0 Å². The fourth-order valence-electron chi connectivity index (χ4n) is 2.45. The Bertz CT molecular complexity index is 485. The molecule has 1 heterocycles. The van der Waals surface area contributed by atoms with E-state index in [1.54, 1.807) is 13.0 Å². The average molecular weight is 297 g/mol. The van der Waals surface area contributed by atoms with Gasteiger partial charge in [0, 0.05) is 20.1 Å². The lowest BCUT2D eigenvalue weighted by Gasteiger charge is -2.24. The van der Waals surface area contributed by atoms with Crippen molar-refractivity contribution in [2.24, 2.45) is 0 Å². The largest absolute Gasteiger partial charge is 0.389 e. The minimum Gasteiger partial charge on any atom is -0.389 e. The number of carbonyl (C=O) groups is 1. The minimum absolute atomic E-state index is 0.140. The van der Waals surface area contributed by atoms with Crippen LogP contribution in [0.3, 0.4) is 0 Å². The van der Waals surface area contributed by atoms with Gasteiger partial charge in [-0.1, -0.05) is 17.7 Å². The van der Waals surface area contributed by atoms with Gasteiger partial charge in [0.05, 0.1) is 23.4 Å². The number of aliphatic hydroxyl groups excluding tert-OH is 1. The Balaban J connectivity index is 2.05. The molecule has 0 aromatic heterocycles. The molecule has 4 nitrogen and oxygen atoms in total. The third-order valence-corrected chi connectivity index (χ3v) is 4.00. The van der Waals surface area contributed by atoms with E-state index in [1.807, 2.05) is 29.0 Å². The lowest BCUT2D eigenvalue weighted by atomic mass is 10.1. The Morgan fingerprint density at radius 2 is 2.10 bits per heavy atom. The van der Waals surface area contributed by atoms with Crippen LogP contribution in [0.5, 0.6) is 0 Å². The van der Waals surface area contributed by atoms with Crippen molar-refractivity contribution >= 4 is 23.2 Å². The second kappa shape index (κ2) is 6.46. The summed E-state index contributed by atoms with van der Waals surface area (Å²) in [7, 11) is 1.86. The fourth-order valence-corrected chi connectivity index (χ4v) is 2.78. The highest BCUT2D eigenvalue weighted by Crippen LogP contribution is 2.28. The van der Waals surface area contributed by atoms with Gasteiger partial charge in [0.2, 0.25) is 5.91 Å². The summed E-state index contributed by atoms with van der Waals surface area (Å²) >= 11 is 6.23. The molecule has 1 fully saturated rings. The second-order valence-electron chi connectivity index (χ2n) is 5.33. The third-order valence-electron chi connectivity index (χ3n) is 3.70. The SMILES string of the molecule is C[C@H](O)c1ccc(N(C)CC(=O)N2CCCC2)c(Cl)c1. The fraction of sp³-hybridized carbons (Fsp3) is 0.533. The van der Waals surface area contributed by atoms with Crippen LogP contribution in [0, 0.1) is 0 Å². The molecule has 2 rings (SSSR count). The number of nitrogens with zero attached hydrogens (tertiary/aromatic N) is 2. The van der Waals surface area contributed by atoms with Crippen LogP contribution < -0.4 is 4.90 Å². The summed E-state index contributed by atoms with van der Waals surface area (Å²) in [6, 6.07) is 5.43. The number of benzene rings is 1. The molecule has 0 spiro atoms. The van der Waals surface area contributed by atoms with Gasteiger partial charge in [-0.15, -0.1) is 0 Å². The summed E-state index contributed by atoms with van der Waals surface area (Å²) in [4.78, 5) is 15.9. The number of aliphatic hydroxyl groups is 1. The lowest BCUT2D eigenvalue weighted by molar-refractivity contribution is -0.128. The van der Waals surface area contributed by atoms with E-state index in [1.165, 1.54) is 0 Å².